The van der Waals surface area contributed by atoms with Gasteiger partial charge in [0.25, 0.3) is 0 Å². The van der Waals surface area contributed by atoms with Gasteiger partial charge in [-0.3, -0.25) is 4.79 Å². The summed E-state index contributed by atoms with van der Waals surface area (Å²) in [6, 6.07) is 6.10. The van der Waals surface area contributed by atoms with E-state index in [0.29, 0.717) is 25.2 Å². The van der Waals surface area contributed by atoms with E-state index in [1.165, 1.54) is 12.1 Å². The van der Waals surface area contributed by atoms with Crippen LogP contribution in [-0.2, 0) is 14.8 Å². The largest absolute Gasteiger partial charge is 0.326 e. The van der Waals surface area contributed by atoms with Crippen molar-refractivity contribution < 1.29 is 13.2 Å². The predicted molar refractivity (Wildman–Crippen MR) is 79.1 cm³/mol. The van der Waals surface area contributed by atoms with Gasteiger partial charge in [0.1, 0.15) is 0 Å². The van der Waals surface area contributed by atoms with Crippen molar-refractivity contribution in [3.8, 4) is 0 Å². The number of sulfonamides is 1. The molecule has 0 saturated heterocycles. The minimum absolute atomic E-state index is 0.103. The lowest BCUT2D eigenvalue weighted by atomic mass is 10.3. The van der Waals surface area contributed by atoms with Crippen LogP contribution >= 0.6 is 0 Å². The first-order chi connectivity index (χ1) is 9.49. The Kier molecular flexibility index (Phi) is 6.63. The minimum Gasteiger partial charge on any atom is -0.326 e. The molecule has 20 heavy (non-hydrogen) atoms. The highest BCUT2D eigenvalue weighted by Gasteiger charge is 2.12. The van der Waals surface area contributed by atoms with Gasteiger partial charge in [-0.05, 0) is 30.8 Å². The highest BCUT2D eigenvalue weighted by Crippen LogP contribution is 2.13. The van der Waals surface area contributed by atoms with Gasteiger partial charge in [0, 0.05) is 25.2 Å². The molecule has 0 fully saturated rings. The molecule has 0 bridgehead atoms. The van der Waals surface area contributed by atoms with Crippen molar-refractivity contribution in [2.75, 3.05) is 25.0 Å². The molecular weight excluding hydrogens is 278 g/mol. The summed E-state index contributed by atoms with van der Waals surface area (Å²) in [6.07, 6.45) is 0.380. The van der Waals surface area contributed by atoms with Crippen molar-refractivity contribution in [3.05, 3.63) is 24.3 Å². The quantitative estimate of drug-likeness (QED) is 0.623. The summed E-state index contributed by atoms with van der Waals surface area (Å²) >= 11 is 0. The second kappa shape index (κ2) is 7.98. The molecule has 7 heteroatoms. The molecule has 0 aliphatic carbocycles. The lowest BCUT2D eigenvalue weighted by Gasteiger charge is -2.07. The standard InChI is InChI=1S/C13H21N3O3S/c1-3-14-10-9-13(17)16-11-5-7-12(8-6-11)20(18,19)15-4-2/h5-8,14-15H,3-4,9-10H2,1-2H3,(H,16,17). The number of carbonyl (C=O) groups excluding carboxylic acids is 1. The van der Waals surface area contributed by atoms with Gasteiger partial charge in [-0.2, -0.15) is 0 Å². The molecule has 112 valence electrons. The number of amides is 1. The Hall–Kier alpha value is -1.44. The van der Waals surface area contributed by atoms with Crippen LogP contribution in [0.15, 0.2) is 29.2 Å². The zero-order valence-corrected chi connectivity index (χ0v) is 12.6. The third-order valence-electron chi connectivity index (χ3n) is 2.56. The Balaban J connectivity index is 2.61. The number of rotatable bonds is 8. The van der Waals surface area contributed by atoms with E-state index in [2.05, 4.69) is 15.4 Å². The van der Waals surface area contributed by atoms with Crippen LogP contribution in [0.4, 0.5) is 5.69 Å². The first-order valence-electron chi connectivity index (χ1n) is 6.60. The number of hydrogen-bond acceptors (Lipinski definition) is 4. The smallest absolute Gasteiger partial charge is 0.240 e. The molecule has 1 aromatic carbocycles. The predicted octanol–water partition coefficient (Wildman–Crippen LogP) is 0.923. The van der Waals surface area contributed by atoms with Gasteiger partial charge < -0.3 is 10.6 Å². The van der Waals surface area contributed by atoms with Gasteiger partial charge in [-0.1, -0.05) is 13.8 Å². The lowest BCUT2D eigenvalue weighted by Crippen LogP contribution is -2.23. The Morgan fingerprint density at radius 1 is 1.10 bits per heavy atom. The van der Waals surface area contributed by atoms with Crippen LogP contribution in [0.1, 0.15) is 20.3 Å². The molecule has 1 aromatic rings. The second-order valence-corrected chi connectivity index (χ2v) is 5.94. The third kappa shape index (κ3) is 5.28. The Morgan fingerprint density at radius 3 is 2.30 bits per heavy atom. The highest BCUT2D eigenvalue weighted by molar-refractivity contribution is 7.89. The summed E-state index contributed by atoms with van der Waals surface area (Å²) < 4.78 is 25.9. The van der Waals surface area contributed by atoms with Crippen LogP contribution < -0.4 is 15.4 Å². The maximum atomic E-state index is 11.7. The lowest BCUT2D eigenvalue weighted by molar-refractivity contribution is -0.116. The number of hydrogen-bond donors (Lipinski definition) is 3. The fraction of sp³-hybridized carbons (Fsp3) is 0.462. The number of anilines is 1. The SMILES string of the molecule is CCNCCC(=O)Nc1ccc(S(=O)(=O)NCC)cc1. The summed E-state index contributed by atoms with van der Waals surface area (Å²) in [5, 5.41) is 5.78. The topological polar surface area (TPSA) is 87.3 Å². The summed E-state index contributed by atoms with van der Waals surface area (Å²) in [4.78, 5) is 11.8. The molecule has 3 N–H and O–H groups in total. The van der Waals surface area contributed by atoms with Crippen LogP contribution in [0.5, 0.6) is 0 Å². The molecule has 0 radical (unpaired) electrons. The van der Waals surface area contributed by atoms with Gasteiger partial charge in [0.05, 0.1) is 4.90 Å². The Morgan fingerprint density at radius 2 is 1.75 bits per heavy atom. The summed E-state index contributed by atoms with van der Waals surface area (Å²) in [5.74, 6) is -0.103. The van der Waals surface area contributed by atoms with E-state index in [1.807, 2.05) is 6.92 Å². The molecule has 0 saturated carbocycles. The van der Waals surface area contributed by atoms with E-state index in [4.69, 9.17) is 0 Å². The van der Waals surface area contributed by atoms with E-state index >= 15 is 0 Å². The number of carbonyl (C=O) groups is 1. The zero-order chi connectivity index (χ0) is 15.0. The molecule has 1 amide bonds. The van der Waals surface area contributed by atoms with E-state index in [1.54, 1.807) is 19.1 Å². The Bertz CT molecular complexity index is 526. The van der Waals surface area contributed by atoms with Crippen LogP contribution in [0, 0.1) is 0 Å². The molecule has 0 heterocycles. The average Bonchev–Trinajstić information content (AvgIpc) is 2.39. The average molecular weight is 299 g/mol. The normalized spacial score (nSPS) is 11.3. The van der Waals surface area contributed by atoms with Crippen molar-refractivity contribution in [3.63, 3.8) is 0 Å². The molecule has 0 unspecified atom stereocenters. The van der Waals surface area contributed by atoms with Gasteiger partial charge in [-0.15, -0.1) is 0 Å². The van der Waals surface area contributed by atoms with Crippen LogP contribution in [0.25, 0.3) is 0 Å². The van der Waals surface area contributed by atoms with Crippen LogP contribution in [-0.4, -0.2) is 34.0 Å². The van der Waals surface area contributed by atoms with Crippen molar-refractivity contribution in [2.24, 2.45) is 0 Å². The van der Waals surface area contributed by atoms with Gasteiger partial charge in [0.2, 0.25) is 15.9 Å². The van der Waals surface area contributed by atoms with Crippen molar-refractivity contribution in [1.82, 2.24) is 10.0 Å². The van der Waals surface area contributed by atoms with Gasteiger partial charge >= 0.3 is 0 Å². The first kappa shape index (κ1) is 16.6. The van der Waals surface area contributed by atoms with Gasteiger partial charge in [0.15, 0.2) is 0 Å². The summed E-state index contributed by atoms with van der Waals surface area (Å²) in [5.41, 5.74) is 0.585. The van der Waals surface area contributed by atoms with E-state index in [9.17, 15) is 13.2 Å². The van der Waals surface area contributed by atoms with Crippen molar-refractivity contribution in [2.45, 2.75) is 25.2 Å². The van der Waals surface area contributed by atoms with E-state index in [0.717, 1.165) is 6.54 Å². The Labute approximate surface area is 120 Å². The minimum atomic E-state index is -3.45. The van der Waals surface area contributed by atoms with Crippen molar-refractivity contribution in [1.29, 1.82) is 0 Å². The number of nitrogens with one attached hydrogen (secondary N) is 3. The fourth-order valence-corrected chi connectivity index (χ4v) is 2.63. The second-order valence-electron chi connectivity index (χ2n) is 4.18. The third-order valence-corrected chi connectivity index (χ3v) is 4.12. The molecule has 0 aromatic heterocycles. The highest BCUT2D eigenvalue weighted by atomic mass is 32.2. The molecule has 0 aliphatic rings. The molecule has 1 rings (SSSR count). The summed E-state index contributed by atoms with van der Waals surface area (Å²) in [7, 11) is -3.45. The first-order valence-corrected chi connectivity index (χ1v) is 8.08. The van der Waals surface area contributed by atoms with Gasteiger partial charge in [-0.25, -0.2) is 13.1 Å². The summed E-state index contributed by atoms with van der Waals surface area (Å²) in [6.45, 7) is 5.47. The maximum Gasteiger partial charge on any atom is 0.240 e. The van der Waals surface area contributed by atoms with Crippen LogP contribution in [0.2, 0.25) is 0 Å². The number of benzene rings is 1. The zero-order valence-electron chi connectivity index (χ0n) is 11.8. The van der Waals surface area contributed by atoms with E-state index < -0.39 is 10.0 Å². The maximum absolute atomic E-state index is 11.7. The molecule has 0 atom stereocenters. The molecular formula is C13H21N3O3S. The van der Waals surface area contributed by atoms with Crippen molar-refractivity contribution >= 4 is 21.6 Å². The fourth-order valence-electron chi connectivity index (χ4n) is 1.59. The molecule has 0 aliphatic heterocycles. The molecule has 0 spiro atoms. The van der Waals surface area contributed by atoms with E-state index in [-0.39, 0.29) is 10.8 Å². The van der Waals surface area contributed by atoms with Crippen LogP contribution in [0.3, 0.4) is 0 Å². The molecule has 6 nitrogen and oxygen atoms in total. The monoisotopic (exact) mass is 299 g/mol.